The molecule has 0 spiro atoms. The number of halogens is 4. The van der Waals surface area contributed by atoms with Gasteiger partial charge in [-0.3, -0.25) is 9.59 Å². The molecule has 2 aromatic heterocycles. The van der Waals surface area contributed by atoms with E-state index >= 15 is 0 Å². The van der Waals surface area contributed by atoms with Crippen molar-refractivity contribution in [2.75, 3.05) is 5.32 Å². The number of aliphatic hydroxyl groups excluding tert-OH is 1. The summed E-state index contributed by atoms with van der Waals surface area (Å²) >= 11 is 12.7. The summed E-state index contributed by atoms with van der Waals surface area (Å²) in [7, 11) is 0. The number of nitrogens with two attached hydrogens (primary N) is 1. The maximum absolute atomic E-state index is 12.6. The van der Waals surface area contributed by atoms with Gasteiger partial charge >= 0.3 is 0 Å². The van der Waals surface area contributed by atoms with Gasteiger partial charge in [-0.1, -0.05) is 29.3 Å². The largest absolute Gasteiger partial charge is 0.384 e. The molecule has 1 atom stereocenters. The number of primary amides is 1. The fourth-order valence-corrected chi connectivity index (χ4v) is 3.52. The van der Waals surface area contributed by atoms with Gasteiger partial charge in [-0.2, -0.15) is 4.98 Å². The van der Waals surface area contributed by atoms with Gasteiger partial charge in [-0.05, 0) is 31.0 Å². The lowest BCUT2D eigenvalue weighted by atomic mass is 10.1. The van der Waals surface area contributed by atoms with Gasteiger partial charge in [0.25, 0.3) is 5.91 Å². The molecule has 0 aliphatic carbocycles. The Labute approximate surface area is 196 Å². The van der Waals surface area contributed by atoms with Crippen molar-refractivity contribution in [1.82, 2.24) is 20.3 Å². The summed E-state index contributed by atoms with van der Waals surface area (Å²) in [5.74, 6) is -1.18. The topological polar surface area (TPSA) is 146 Å². The first-order valence-electron chi connectivity index (χ1n) is 9.74. The Kier molecular flexibility index (Phi) is 7.67. The van der Waals surface area contributed by atoms with Crippen molar-refractivity contribution in [1.29, 1.82) is 0 Å². The van der Waals surface area contributed by atoms with E-state index in [1.54, 1.807) is 12.1 Å². The number of nitrogens with one attached hydrogen (secondary N) is 3. The highest BCUT2D eigenvalue weighted by molar-refractivity contribution is 6.39. The summed E-state index contributed by atoms with van der Waals surface area (Å²) < 4.78 is 25.2. The average Bonchev–Trinajstić information content (AvgIpc) is 3.14. The third-order valence-corrected chi connectivity index (χ3v) is 5.41. The molecule has 0 radical (unpaired) electrons. The molecule has 0 aliphatic heterocycles. The third-order valence-electron chi connectivity index (χ3n) is 4.66. The molecule has 3 rings (SSSR count). The van der Waals surface area contributed by atoms with Crippen LogP contribution in [0.5, 0.6) is 0 Å². The molecule has 2 heterocycles. The monoisotopic (exact) mass is 500 g/mol. The van der Waals surface area contributed by atoms with Gasteiger partial charge in [-0.25, -0.2) is 13.8 Å². The van der Waals surface area contributed by atoms with Gasteiger partial charge in [0.15, 0.2) is 5.65 Å². The minimum Gasteiger partial charge on any atom is -0.384 e. The smallest absolute Gasteiger partial charge is 0.250 e. The van der Waals surface area contributed by atoms with Crippen molar-refractivity contribution >= 4 is 57.8 Å². The second-order valence-electron chi connectivity index (χ2n) is 7.15. The Morgan fingerprint density at radius 1 is 1.27 bits per heavy atom. The van der Waals surface area contributed by atoms with Crippen molar-refractivity contribution in [2.24, 2.45) is 5.73 Å². The quantitative estimate of drug-likeness (QED) is 0.304. The molecule has 0 bridgehead atoms. The van der Waals surface area contributed by atoms with Gasteiger partial charge < -0.3 is 26.5 Å². The minimum atomic E-state index is -2.55. The van der Waals surface area contributed by atoms with Crippen LogP contribution in [-0.4, -0.2) is 44.4 Å². The number of hydrogen-bond acceptors (Lipinski definition) is 6. The molecule has 176 valence electrons. The van der Waals surface area contributed by atoms with Crippen molar-refractivity contribution in [3.05, 3.63) is 45.1 Å². The first-order valence-corrected chi connectivity index (χ1v) is 10.5. The molecule has 0 saturated heterocycles. The van der Waals surface area contributed by atoms with Gasteiger partial charge in [0.2, 0.25) is 18.3 Å². The Bertz CT molecular complexity index is 1200. The number of aromatic amines is 1. The number of aryl methyl sites for hydroxylation is 1. The van der Waals surface area contributed by atoms with E-state index < -0.39 is 30.8 Å². The summed E-state index contributed by atoms with van der Waals surface area (Å²) in [6.45, 7) is 1.38. The Hall–Kier alpha value is -3.02. The van der Waals surface area contributed by atoms with Crippen LogP contribution in [0, 0.1) is 0 Å². The number of nitrogens with zero attached hydrogens (tertiary/aromatic N) is 2. The molecule has 13 heteroatoms. The van der Waals surface area contributed by atoms with E-state index in [0.717, 1.165) is 0 Å². The number of aromatic nitrogens is 3. The number of alkyl halides is 2. The van der Waals surface area contributed by atoms with Crippen molar-refractivity contribution < 1.29 is 23.5 Å². The zero-order valence-corrected chi connectivity index (χ0v) is 18.8. The predicted octanol–water partition coefficient (Wildman–Crippen LogP) is 3.30. The van der Waals surface area contributed by atoms with E-state index in [2.05, 4.69) is 25.6 Å². The second-order valence-corrected chi connectivity index (χ2v) is 7.93. The molecule has 33 heavy (non-hydrogen) atoms. The second kappa shape index (κ2) is 10.3. The number of pyridine rings is 1. The number of benzene rings is 1. The van der Waals surface area contributed by atoms with Crippen LogP contribution in [0.2, 0.25) is 10.0 Å². The van der Waals surface area contributed by atoms with Crippen LogP contribution in [0.25, 0.3) is 11.2 Å². The van der Waals surface area contributed by atoms with Crippen molar-refractivity contribution in [2.45, 2.75) is 38.8 Å². The number of aliphatic hydroxyl groups is 1. The number of H-pyrrole nitrogens is 1. The van der Waals surface area contributed by atoms with E-state index in [9.17, 15) is 23.5 Å². The standard InChI is InChI=1S/C20H20Cl2F2N6O3/c1-8(31)19(33)26-7-9-2-3-11(21)16(15(9)22)29-20-28-13-6-10(17(25)32)12(4-5-14(23)24)27-18(13)30-20/h2-3,6,8,14,31H,4-5,7H2,1H3,(H2,25,32)(H,26,33)(H2,27,28,29,30). The maximum atomic E-state index is 12.6. The number of anilines is 2. The first kappa shape index (κ1) is 24.6. The van der Waals surface area contributed by atoms with Gasteiger partial charge in [0, 0.05) is 13.0 Å². The van der Waals surface area contributed by atoms with Crippen LogP contribution >= 0.6 is 23.2 Å². The van der Waals surface area contributed by atoms with Crippen LogP contribution in [0.1, 0.15) is 35.0 Å². The van der Waals surface area contributed by atoms with Gasteiger partial charge in [0.05, 0.1) is 32.5 Å². The fourth-order valence-electron chi connectivity index (χ4n) is 2.98. The van der Waals surface area contributed by atoms with Gasteiger partial charge in [0.1, 0.15) is 6.10 Å². The molecule has 1 aromatic carbocycles. The average molecular weight is 501 g/mol. The summed E-state index contributed by atoms with van der Waals surface area (Å²) in [5.41, 5.74) is 6.85. The number of imidazole rings is 1. The first-order chi connectivity index (χ1) is 15.6. The zero-order valence-electron chi connectivity index (χ0n) is 17.3. The lowest BCUT2D eigenvalue weighted by Crippen LogP contribution is -2.32. The normalized spacial score (nSPS) is 12.2. The highest BCUT2D eigenvalue weighted by Crippen LogP contribution is 2.35. The molecule has 9 nitrogen and oxygen atoms in total. The highest BCUT2D eigenvalue weighted by Gasteiger charge is 2.18. The van der Waals surface area contributed by atoms with Crippen LogP contribution in [0.3, 0.4) is 0 Å². The lowest BCUT2D eigenvalue weighted by molar-refractivity contribution is -0.128. The number of carbonyl (C=O) groups excluding carboxylic acids is 2. The SMILES string of the molecule is CC(O)C(=O)NCc1ccc(Cl)c(Nc2nc3nc(CCC(F)F)c(C(N)=O)cc3[nH]2)c1Cl. The minimum absolute atomic E-state index is 0.0188. The van der Waals surface area contributed by atoms with Crippen LogP contribution in [0.15, 0.2) is 18.2 Å². The summed E-state index contributed by atoms with van der Waals surface area (Å²) in [5, 5.41) is 15.2. The molecule has 2 amide bonds. The molecule has 1 unspecified atom stereocenters. The summed E-state index contributed by atoms with van der Waals surface area (Å²) in [4.78, 5) is 34.7. The predicted molar refractivity (Wildman–Crippen MR) is 120 cm³/mol. The summed E-state index contributed by atoms with van der Waals surface area (Å²) in [6.07, 6.45) is -4.34. The van der Waals surface area contributed by atoms with Crippen LogP contribution in [0.4, 0.5) is 20.4 Å². The molecule has 0 saturated carbocycles. The molecule has 0 aliphatic rings. The fraction of sp³-hybridized carbons (Fsp3) is 0.300. The van der Waals surface area contributed by atoms with E-state index in [1.807, 2.05) is 0 Å². The lowest BCUT2D eigenvalue weighted by Gasteiger charge is -2.13. The van der Waals surface area contributed by atoms with Crippen molar-refractivity contribution in [3.63, 3.8) is 0 Å². The Morgan fingerprint density at radius 3 is 2.64 bits per heavy atom. The van der Waals surface area contributed by atoms with Crippen molar-refractivity contribution in [3.8, 4) is 0 Å². The third kappa shape index (κ3) is 5.86. The van der Waals surface area contributed by atoms with Gasteiger partial charge in [-0.15, -0.1) is 0 Å². The number of fused-ring (bicyclic) bond motifs is 1. The number of amides is 2. The Balaban J connectivity index is 1.90. The van der Waals surface area contributed by atoms with E-state index in [-0.39, 0.29) is 51.6 Å². The number of carbonyl (C=O) groups is 2. The molecular weight excluding hydrogens is 481 g/mol. The molecule has 6 N–H and O–H groups in total. The molecule has 3 aromatic rings. The maximum Gasteiger partial charge on any atom is 0.250 e. The highest BCUT2D eigenvalue weighted by atomic mass is 35.5. The zero-order chi connectivity index (χ0) is 24.3. The number of rotatable bonds is 9. The summed E-state index contributed by atoms with van der Waals surface area (Å²) in [6, 6.07) is 4.58. The van der Waals surface area contributed by atoms with E-state index in [0.29, 0.717) is 11.1 Å². The van der Waals surface area contributed by atoms with Crippen LogP contribution < -0.4 is 16.4 Å². The van der Waals surface area contributed by atoms with E-state index in [1.165, 1.54) is 13.0 Å². The number of hydrogen-bond donors (Lipinski definition) is 5. The van der Waals surface area contributed by atoms with E-state index in [4.69, 9.17) is 28.9 Å². The Morgan fingerprint density at radius 2 is 2.00 bits per heavy atom. The molecule has 0 fully saturated rings. The molecular formula is C20H20Cl2F2N6O3. The van der Waals surface area contributed by atoms with Crippen LogP contribution in [-0.2, 0) is 17.8 Å².